The molecule has 33 heavy (non-hydrogen) atoms. The van der Waals surface area contributed by atoms with E-state index in [9.17, 15) is 14.3 Å². The molecule has 0 aliphatic heterocycles. The molecule has 0 aromatic heterocycles. The van der Waals surface area contributed by atoms with Gasteiger partial charge in [0.05, 0.1) is 11.5 Å². The van der Waals surface area contributed by atoms with Crippen LogP contribution in [-0.2, 0) is 27.8 Å². The molecule has 1 aliphatic carbocycles. The molecule has 0 saturated heterocycles. The molecule has 3 rings (SSSR count). The Morgan fingerprint density at radius 3 is 2.24 bits per heavy atom. The first-order chi connectivity index (χ1) is 15.9. The molecule has 2 aromatic carbocycles. The van der Waals surface area contributed by atoms with E-state index in [0.29, 0.717) is 45.1 Å². The molecule has 5 heteroatoms. The third-order valence-corrected chi connectivity index (χ3v) is 6.96. The van der Waals surface area contributed by atoms with Crippen LogP contribution in [0.15, 0.2) is 42.5 Å². The van der Waals surface area contributed by atoms with Gasteiger partial charge in [-0.15, -0.1) is 0 Å². The van der Waals surface area contributed by atoms with Crippen molar-refractivity contribution < 1.29 is 23.4 Å². The number of benzene rings is 2. The highest BCUT2D eigenvalue weighted by molar-refractivity contribution is 5.81. The molecule has 0 amide bonds. The second-order valence-electron chi connectivity index (χ2n) is 9.31. The molecular weight excluding hydrogens is 422 g/mol. The van der Waals surface area contributed by atoms with Crippen molar-refractivity contribution in [3.63, 3.8) is 0 Å². The molecule has 1 aliphatic rings. The van der Waals surface area contributed by atoms with Crippen molar-refractivity contribution in [1.82, 2.24) is 0 Å². The maximum atomic E-state index is 15.1. The van der Waals surface area contributed by atoms with Gasteiger partial charge in [0.2, 0.25) is 0 Å². The second-order valence-corrected chi connectivity index (χ2v) is 9.31. The van der Waals surface area contributed by atoms with Gasteiger partial charge in [0.1, 0.15) is 11.6 Å². The van der Waals surface area contributed by atoms with Gasteiger partial charge in [0, 0.05) is 12.2 Å². The van der Waals surface area contributed by atoms with Crippen LogP contribution < -0.4 is 0 Å². The predicted molar refractivity (Wildman–Crippen MR) is 126 cm³/mol. The third-order valence-electron chi connectivity index (χ3n) is 6.96. The first-order valence-electron chi connectivity index (χ1n) is 12.3. The van der Waals surface area contributed by atoms with Crippen molar-refractivity contribution in [3.8, 4) is 0 Å². The number of carboxylic acids is 1. The fraction of sp³-hybridized carbons (Fsp3) is 0.536. The van der Waals surface area contributed by atoms with E-state index >= 15 is 4.39 Å². The van der Waals surface area contributed by atoms with Crippen molar-refractivity contribution in [3.05, 3.63) is 70.8 Å². The van der Waals surface area contributed by atoms with Gasteiger partial charge in [-0.25, -0.2) is 8.78 Å². The van der Waals surface area contributed by atoms with Gasteiger partial charge in [-0.2, -0.15) is 0 Å². The van der Waals surface area contributed by atoms with E-state index in [1.165, 1.54) is 43.9 Å². The Labute approximate surface area is 196 Å². The summed E-state index contributed by atoms with van der Waals surface area (Å²) < 4.78 is 34.2. The summed E-state index contributed by atoms with van der Waals surface area (Å²) in [6.45, 7) is 2.91. The van der Waals surface area contributed by atoms with Crippen molar-refractivity contribution in [1.29, 1.82) is 0 Å². The Morgan fingerprint density at radius 1 is 0.970 bits per heavy atom. The molecule has 0 unspecified atom stereocenters. The van der Waals surface area contributed by atoms with E-state index in [1.54, 1.807) is 18.2 Å². The van der Waals surface area contributed by atoms with Gasteiger partial charge in [0.25, 0.3) is 0 Å². The fourth-order valence-corrected chi connectivity index (χ4v) is 4.85. The lowest BCUT2D eigenvalue weighted by atomic mass is 9.68. The first-order valence-corrected chi connectivity index (χ1v) is 12.3. The lowest BCUT2D eigenvalue weighted by Gasteiger charge is -2.37. The zero-order chi connectivity index (χ0) is 23.7. The Morgan fingerprint density at radius 2 is 1.61 bits per heavy atom. The number of aliphatic carboxylic acids is 1. The van der Waals surface area contributed by atoms with Crippen LogP contribution in [0.25, 0.3) is 0 Å². The zero-order valence-electron chi connectivity index (χ0n) is 19.6. The molecule has 1 N–H and O–H groups in total. The minimum atomic E-state index is -1.19. The SMILES string of the molecule is CCCCCCCOC1CCC(C(=O)O)(c2ccc(CCc3ccc(F)cc3)cc2F)CC1. The minimum absolute atomic E-state index is 0.0571. The van der Waals surface area contributed by atoms with Gasteiger partial charge in [0.15, 0.2) is 0 Å². The van der Waals surface area contributed by atoms with Gasteiger partial charge in [-0.05, 0) is 74.3 Å². The number of aryl methyl sites for hydroxylation is 2. The predicted octanol–water partition coefficient (Wildman–Crippen LogP) is 7.00. The highest BCUT2D eigenvalue weighted by atomic mass is 19.1. The molecule has 0 radical (unpaired) electrons. The van der Waals surface area contributed by atoms with Crippen LogP contribution in [0.5, 0.6) is 0 Å². The molecule has 0 heterocycles. The monoisotopic (exact) mass is 458 g/mol. The van der Waals surface area contributed by atoms with Gasteiger partial charge < -0.3 is 9.84 Å². The summed E-state index contributed by atoms with van der Waals surface area (Å²) >= 11 is 0. The molecule has 3 nitrogen and oxygen atoms in total. The van der Waals surface area contributed by atoms with E-state index in [1.807, 2.05) is 6.07 Å². The molecule has 0 spiro atoms. The zero-order valence-corrected chi connectivity index (χ0v) is 19.6. The largest absolute Gasteiger partial charge is 0.481 e. The Balaban J connectivity index is 1.57. The molecule has 1 saturated carbocycles. The fourth-order valence-electron chi connectivity index (χ4n) is 4.85. The number of unbranched alkanes of at least 4 members (excludes halogenated alkanes) is 4. The smallest absolute Gasteiger partial charge is 0.314 e. The van der Waals surface area contributed by atoms with Crippen LogP contribution in [0, 0.1) is 11.6 Å². The summed E-state index contributed by atoms with van der Waals surface area (Å²) in [4.78, 5) is 12.3. The average molecular weight is 459 g/mol. The summed E-state index contributed by atoms with van der Waals surface area (Å²) in [6, 6.07) is 11.2. The number of carbonyl (C=O) groups is 1. The molecule has 0 atom stereocenters. The first kappa shape index (κ1) is 25.4. The van der Waals surface area contributed by atoms with E-state index in [-0.39, 0.29) is 17.5 Å². The number of hydrogen-bond donors (Lipinski definition) is 1. The number of rotatable bonds is 12. The summed E-state index contributed by atoms with van der Waals surface area (Å²) in [7, 11) is 0. The lowest BCUT2D eigenvalue weighted by Crippen LogP contribution is -2.42. The van der Waals surface area contributed by atoms with Crippen LogP contribution in [-0.4, -0.2) is 23.8 Å². The average Bonchev–Trinajstić information content (AvgIpc) is 2.81. The van der Waals surface area contributed by atoms with Crippen LogP contribution in [0.3, 0.4) is 0 Å². The standard InChI is InChI=1S/C28H36F2O3/c1-2-3-4-5-6-19-33-24-15-17-28(18-16-24,27(31)32)25-14-11-22(20-26(25)30)8-7-21-9-12-23(29)13-10-21/h9-14,20,24H,2-8,15-19H2,1H3,(H,31,32). The number of halogens is 2. The van der Waals surface area contributed by atoms with E-state index in [4.69, 9.17) is 4.74 Å². The van der Waals surface area contributed by atoms with Crippen molar-refractivity contribution in [2.45, 2.75) is 89.1 Å². The quantitative estimate of drug-likeness (QED) is 0.348. The Bertz CT molecular complexity index is 887. The van der Waals surface area contributed by atoms with Crippen molar-refractivity contribution in [2.75, 3.05) is 6.61 Å². The van der Waals surface area contributed by atoms with Crippen molar-refractivity contribution >= 4 is 5.97 Å². The number of hydrogen-bond acceptors (Lipinski definition) is 2. The minimum Gasteiger partial charge on any atom is -0.481 e. The lowest BCUT2D eigenvalue weighted by molar-refractivity contribution is -0.146. The maximum Gasteiger partial charge on any atom is 0.314 e. The van der Waals surface area contributed by atoms with Crippen LogP contribution in [0.4, 0.5) is 8.78 Å². The van der Waals surface area contributed by atoms with E-state index in [0.717, 1.165) is 17.5 Å². The van der Waals surface area contributed by atoms with Crippen LogP contribution in [0.2, 0.25) is 0 Å². The third kappa shape index (κ3) is 6.86. The summed E-state index contributed by atoms with van der Waals surface area (Å²) in [5.74, 6) is -1.69. The maximum absolute atomic E-state index is 15.1. The van der Waals surface area contributed by atoms with Gasteiger partial charge in [-0.3, -0.25) is 4.79 Å². The molecule has 0 bridgehead atoms. The Hall–Kier alpha value is -2.27. The highest BCUT2D eigenvalue weighted by Gasteiger charge is 2.45. The molecule has 1 fully saturated rings. The van der Waals surface area contributed by atoms with Crippen molar-refractivity contribution in [2.24, 2.45) is 0 Å². The Kier molecular flexibility index (Phi) is 9.42. The topological polar surface area (TPSA) is 46.5 Å². The summed E-state index contributed by atoms with van der Waals surface area (Å²) in [5.41, 5.74) is 0.868. The van der Waals surface area contributed by atoms with E-state index in [2.05, 4.69) is 6.92 Å². The normalized spacial score (nSPS) is 20.6. The second kappa shape index (κ2) is 12.3. The molecule has 2 aromatic rings. The number of ether oxygens (including phenoxy) is 1. The molecular formula is C28H36F2O3. The highest BCUT2D eigenvalue weighted by Crippen LogP contribution is 2.42. The van der Waals surface area contributed by atoms with Gasteiger partial charge >= 0.3 is 5.97 Å². The summed E-state index contributed by atoms with van der Waals surface area (Å²) in [5, 5.41) is 10.1. The molecule has 180 valence electrons. The van der Waals surface area contributed by atoms with Gasteiger partial charge in [-0.1, -0.05) is 56.9 Å². The van der Waals surface area contributed by atoms with Crippen LogP contribution in [0.1, 0.15) is 81.4 Å². The summed E-state index contributed by atoms with van der Waals surface area (Å²) in [6.07, 6.45) is 9.26. The van der Waals surface area contributed by atoms with E-state index < -0.39 is 17.2 Å². The number of carboxylic acid groups (broad SMARTS) is 1. The van der Waals surface area contributed by atoms with Crippen LogP contribution >= 0.6 is 0 Å².